The maximum atomic E-state index is 14.0. The van der Waals surface area contributed by atoms with Crippen LogP contribution in [0.15, 0.2) is 36.5 Å². The number of likely N-dealkylation sites (tertiary alicyclic amines) is 1. The fraction of sp³-hybridized carbons (Fsp3) is 0.688. The van der Waals surface area contributed by atoms with Crippen LogP contribution < -0.4 is 15.4 Å². The molecule has 0 aromatic rings. The lowest BCUT2D eigenvalue weighted by molar-refractivity contribution is -0.139. The zero-order chi connectivity index (χ0) is 34.2. The topological polar surface area (TPSA) is 184 Å². The number of carbonyl (C=O) groups is 4. The molecule has 0 spiro atoms. The second-order valence-electron chi connectivity index (χ2n) is 14.3. The van der Waals surface area contributed by atoms with E-state index in [1.165, 1.54) is 11.0 Å². The van der Waals surface area contributed by atoms with E-state index < -0.39 is 80.3 Å². The highest BCUT2D eigenvalue weighted by Gasteiger charge is 2.62. The van der Waals surface area contributed by atoms with Crippen LogP contribution in [-0.2, 0) is 33.9 Å². The smallest absolute Gasteiger partial charge is 0.408 e. The highest BCUT2D eigenvalue weighted by Crippen LogP contribution is 2.46. The molecule has 2 saturated heterocycles. The first-order valence-corrected chi connectivity index (χ1v) is 17.8. The summed E-state index contributed by atoms with van der Waals surface area (Å²) in [6.45, 7) is 11.7. The van der Waals surface area contributed by atoms with Gasteiger partial charge in [-0.25, -0.2) is 13.2 Å². The Kier molecular flexibility index (Phi) is 9.94. The lowest BCUT2D eigenvalue weighted by atomic mass is 9.78. The van der Waals surface area contributed by atoms with Gasteiger partial charge < -0.3 is 30.1 Å². The Bertz CT molecular complexity index is 1450. The predicted molar refractivity (Wildman–Crippen MR) is 171 cm³/mol. The van der Waals surface area contributed by atoms with Crippen molar-refractivity contribution in [1.82, 2.24) is 25.2 Å². The number of amides is 4. The van der Waals surface area contributed by atoms with E-state index in [1.807, 2.05) is 18.2 Å². The molecular formula is C32H47N5O9S. The van der Waals surface area contributed by atoms with Crippen LogP contribution in [0.5, 0.6) is 0 Å². The maximum Gasteiger partial charge on any atom is 0.408 e. The van der Waals surface area contributed by atoms with Crippen molar-refractivity contribution in [2.45, 2.75) is 80.9 Å². The minimum atomic E-state index is -3.88. The number of hydrogen-bond donors (Lipinski definition) is 4. The molecule has 2 heterocycles. The van der Waals surface area contributed by atoms with Gasteiger partial charge in [0.25, 0.3) is 5.91 Å². The summed E-state index contributed by atoms with van der Waals surface area (Å²) in [7, 11) is -3.88. The number of morpholine rings is 1. The summed E-state index contributed by atoms with van der Waals surface area (Å²) in [4.78, 5) is 56.7. The van der Waals surface area contributed by atoms with Crippen molar-refractivity contribution < 1.29 is 42.2 Å². The van der Waals surface area contributed by atoms with E-state index >= 15 is 0 Å². The van der Waals surface area contributed by atoms with Crippen LogP contribution in [0.25, 0.3) is 0 Å². The molecule has 260 valence electrons. The maximum absolute atomic E-state index is 14.0. The van der Waals surface area contributed by atoms with Crippen LogP contribution in [0.2, 0.25) is 0 Å². The van der Waals surface area contributed by atoms with Gasteiger partial charge in [-0.2, -0.15) is 0 Å². The van der Waals surface area contributed by atoms with Crippen molar-refractivity contribution in [2.75, 3.05) is 45.9 Å². The molecule has 0 aromatic heterocycles. The monoisotopic (exact) mass is 677 g/mol. The number of allylic oxidation sites excluding steroid dienone is 2. The van der Waals surface area contributed by atoms with Gasteiger partial charge in [-0.05, 0) is 46.5 Å². The van der Waals surface area contributed by atoms with Crippen molar-refractivity contribution in [3.63, 3.8) is 0 Å². The number of hydrogen-bond acceptors (Lipinski definition) is 10. The van der Waals surface area contributed by atoms with E-state index in [0.717, 1.165) is 18.7 Å². The molecule has 2 saturated carbocycles. The zero-order valence-electron chi connectivity index (χ0n) is 27.3. The van der Waals surface area contributed by atoms with Gasteiger partial charge in [0.15, 0.2) is 0 Å². The van der Waals surface area contributed by atoms with Gasteiger partial charge in [-0.1, -0.05) is 29.9 Å². The summed E-state index contributed by atoms with van der Waals surface area (Å²) >= 11 is 0. The van der Waals surface area contributed by atoms with E-state index in [2.05, 4.69) is 26.8 Å². The summed E-state index contributed by atoms with van der Waals surface area (Å²) in [5.41, 5.74) is -2.75. The van der Waals surface area contributed by atoms with Gasteiger partial charge in [0, 0.05) is 37.9 Å². The molecule has 0 aromatic carbocycles. The van der Waals surface area contributed by atoms with E-state index in [9.17, 15) is 32.7 Å². The molecule has 2 aliphatic heterocycles. The molecule has 4 fully saturated rings. The third kappa shape index (κ3) is 8.24. The molecule has 3 aliphatic carbocycles. The number of nitrogens with one attached hydrogen (secondary N) is 3. The van der Waals surface area contributed by atoms with Gasteiger partial charge in [0.1, 0.15) is 23.7 Å². The number of carbonyl (C=O) groups excluding carboxylic acids is 4. The van der Waals surface area contributed by atoms with E-state index in [4.69, 9.17) is 9.47 Å². The first-order chi connectivity index (χ1) is 22.0. The molecule has 5 rings (SSSR count). The number of nitrogens with zero attached hydrogens (tertiary/aromatic N) is 2. The molecule has 5 atom stereocenters. The van der Waals surface area contributed by atoms with Crippen molar-refractivity contribution in [3.05, 3.63) is 36.5 Å². The minimum Gasteiger partial charge on any atom is -0.444 e. The Hall–Kier alpha value is -3.27. The van der Waals surface area contributed by atoms with Gasteiger partial charge in [0.2, 0.25) is 21.8 Å². The fourth-order valence-electron chi connectivity index (χ4n) is 6.54. The van der Waals surface area contributed by atoms with Gasteiger partial charge in [-0.15, -0.1) is 6.58 Å². The first kappa shape index (κ1) is 35.0. The van der Waals surface area contributed by atoms with Crippen molar-refractivity contribution in [1.29, 1.82) is 0 Å². The quantitative estimate of drug-likeness (QED) is 0.223. The fourth-order valence-corrected chi connectivity index (χ4v) is 7.90. The summed E-state index contributed by atoms with van der Waals surface area (Å²) in [5.74, 6) is -3.12. The number of β-amino-alcohol motifs (C(OH)–C–C–N with tert-alkyl or cyclic N) is 1. The average molecular weight is 678 g/mol. The molecule has 1 unspecified atom stereocenters. The van der Waals surface area contributed by atoms with Gasteiger partial charge in [-0.3, -0.25) is 24.0 Å². The lowest BCUT2D eigenvalue weighted by Crippen LogP contribution is -2.57. The number of aliphatic hydroxyl groups is 1. The summed E-state index contributed by atoms with van der Waals surface area (Å²) in [5, 5.41) is 16.6. The van der Waals surface area contributed by atoms with Crippen LogP contribution in [0.3, 0.4) is 0 Å². The van der Waals surface area contributed by atoms with E-state index in [1.54, 1.807) is 20.8 Å². The molecule has 47 heavy (non-hydrogen) atoms. The Balaban J connectivity index is 1.33. The van der Waals surface area contributed by atoms with E-state index in [0.29, 0.717) is 39.0 Å². The van der Waals surface area contributed by atoms with Crippen molar-refractivity contribution in [2.24, 2.45) is 11.8 Å². The normalized spacial score (nSPS) is 31.0. The van der Waals surface area contributed by atoms with Crippen molar-refractivity contribution in [3.8, 4) is 0 Å². The second kappa shape index (κ2) is 13.3. The molecular weight excluding hydrogens is 630 g/mol. The molecule has 15 heteroatoms. The van der Waals surface area contributed by atoms with Crippen LogP contribution in [0.4, 0.5) is 4.79 Å². The number of sulfonamides is 1. The zero-order valence-corrected chi connectivity index (χ0v) is 28.1. The van der Waals surface area contributed by atoms with Gasteiger partial charge >= 0.3 is 6.09 Å². The number of ether oxygens (including phenoxy) is 2. The average Bonchev–Trinajstić information content (AvgIpc) is 3.93. The Morgan fingerprint density at radius 2 is 1.87 bits per heavy atom. The molecule has 4 amide bonds. The molecule has 14 nitrogen and oxygen atoms in total. The Morgan fingerprint density at radius 1 is 1.17 bits per heavy atom. The van der Waals surface area contributed by atoms with Crippen LogP contribution in [0, 0.1) is 11.8 Å². The van der Waals surface area contributed by atoms with Gasteiger partial charge in [0.05, 0.1) is 30.6 Å². The Labute approximate surface area is 276 Å². The molecule has 5 aliphatic rings. The molecule has 0 radical (unpaired) electrons. The summed E-state index contributed by atoms with van der Waals surface area (Å²) in [6.07, 6.45) is 7.88. The van der Waals surface area contributed by atoms with Crippen LogP contribution in [0.1, 0.15) is 52.9 Å². The SMILES string of the molecule is C=C[C@@H]1C[C@]1(NC(=O)[C@@H]1C[C@@](O)(C2C=CC=C(CN3CCOCC3)C2)CN1C(=O)CNC(=O)OC(C)(C)C)C(=O)NS(=O)(=O)C1CC1. The predicted octanol–water partition coefficient (Wildman–Crippen LogP) is 0.347. The number of rotatable bonds is 11. The summed E-state index contributed by atoms with van der Waals surface area (Å²) < 4.78 is 37.9. The third-order valence-electron chi connectivity index (χ3n) is 9.40. The van der Waals surface area contributed by atoms with Crippen LogP contribution >= 0.6 is 0 Å². The summed E-state index contributed by atoms with van der Waals surface area (Å²) in [6, 6.07) is -1.20. The Morgan fingerprint density at radius 3 is 2.49 bits per heavy atom. The third-order valence-corrected chi connectivity index (χ3v) is 11.2. The second-order valence-corrected chi connectivity index (χ2v) is 16.3. The minimum absolute atomic E-state index is 0.131. The molecule has 4 N–H and O–H groups in total. The van der Waals surface area contributed by atoms with E-state index in [-0.39, 0.29) is 19.4 Å². The highest BCUT2D eigenvalue weighted by atomic mass is 32.2. The highest BCUT2D eigenvalue weighted by molar-refractivity contribution is 7.91. The standard InChI is InChI=1S/C32H47N5O9S/c1-5-22-16-32(22,28(40)35-47(43,44)24-9-10-24)34-27(39)25-17-31(42,20-37(25)26(38)18-33-29(41)46-30(2,3)4)23-8-6-7-21(15-23)19-36-11-13-45-14-12-36/h5-8,22-25,42H,1,9-20H2,2-4H3,(H,33,41)(H,34,39)(H,35,40)/t22-,23?,25+,31+,32-/m1/s1. The van der Waals surface area contributed by atoms with Crippen molar-refractivity contribution >= 4 is 33.8 Å². The van der Waals surface area contributed by atoms with Crippen LogP contribution in [-0.4, -0.2) is 121 Å². The molecule has 0 bridgehead atoms. The first-order valence-electron chi connectivity index (χ1n) is 16.2. The largest absolute Gasteiger partial charge is 0.444 e. The number of alkyl carbamates (subject to hydrolysis) is 1. The lowest BCUT2D eigenvalue weighted by Gasteiger charge is -2.34.